The maximum atomic E-state index is 12.8. The zero-order valence-electron chi connectivity index (χ0n) is 11.1. The molecule has 1 unspecified atom stereocenters. The molecule has 2 aromatic rings. The number of amides is 1. The van der Waals surface area contributed by atoms with Crippen molar-refractivity contribution in [2.24, 2.45) is 12.8 Å². The van der Waals surface area contributed by atoms with E-state index in [2.05, 4.69) is 10.4 Å². The van der Waals surface area contributed by atoms with Gasteiger partial charge in [0, 0.05) is 18.8 Å². The highest BCUT2D eigenvalue weighted by Gasteiger charge is 2.34. The molecular weight excluding hydrogens is 285 g/mol. The van der Waals surface area contributed by atoms with Gasteiger partial charge in [-0.05, 0) is 12.1 Å². The fourth-order valence-electron chi connectivity index (χ4n) is 1.80. The van der Waals surface area contributed by atoms with Crippen LogP contribution in [0.2, 0.25) is 0 Å². The summed E-state index contributed by atoms with van der Waals surface area (Å²) in [7, 11) is 1.65. The second-order valence-corrected chi connectivity index (χ2v) is 4.46. The van der Waals surface area contributed by atoms with Crippen LogP contribution in [-0.4, -0.2) is 15.7 Å². The smallest absolute Gasteiger partial charge is 0.324 e. The van der Waals surface area contributed by atoms with Crippen LogP contribution in [0.25, 0.3) is 0 Å². The highest BCUT2D eigenvalue weighted by molar-refractivity contribution is 5.96. The predicted octanol–water partition coefficient (Wildman–Crippen LogP) is 2.08. The van der Waals surface area contributed by atoms with E-state index in [4.69, 9.17) is 5.73 Å². The van der Waals surface area contributed by atoms with Crippen LogP contribution in [0.4, 0.5) is 18.9 Å². The number of benzene rings is 1. The van der Waals surface area contributed by atoms with Crippen molar-refractivity contribution in [1.82, 2.24) is 9.78 Å². The van der Waals surface area contributed by atoms with E-state index < -0.39 is 23.7 Å². The van der Waals surface area contributed by atoms with E-state index in [9.17, 15) is 18.0 Å². The first-order valence-corrected chi connectivity index (χ1v) is 6.00. The minimum absolute atomic E-state index is 0.325. The van der Waals surface area contributed by atoms with E-state index >= 15 is 0 Å². The minimum atomic E-state index is -4.55. The highest BCUT2D eigenvalue weighted by atomic mass is 19.4. The first-order chi connectivity index (χ1) is 9.79. The zero-order chi connectivity index (χ0) is 15.6. The van der Waals surface area contributed by atoms with Gasteiger partial charge >= 0.3 is 6.18 Å². The van der Waals surface area contributed by atoms with Crippen molar-refractivity contribution in [3.63, 3.8) is 0 Å². The number of para-hydroxylation sites is 1. The number of rotatable bonds is 3. The van der Waals surface area contributed by atoms with Crippen LogP contribution < -0.4 is 11.1 Å². The molecule has 1 amide bonds. The minimum Gasteiger partial charge on any atom is -0.324 e. The van der Waals surface area contributed by atoms with Gasteiger partial charge in [-0.25, -0.2) is 0 Å². The Morgan fingerprint density at radius 3 is 2.62 bits per heavy atom. The van der Waals surface area contributed by atoms with Crippen molar-refractivity contribution in [2.75, 3.05) is 5.32 Å². The second-order valence-electron chi connectivity index (χ2n) is 4.46. The molecule has 1 aromatic heterocycles. The Labute approximate surface area is 118 Å². The number of aromatic nitrogens is 2. The van der Waals surface area contributed by atoms with Crippen molar-refractivity contribution in [3.05, 3.63) is 47.8 Å². The molecule has 0 saturated carbocycles. The molecule has 8 heteroatoms. The summed E-state index contributed by atoms with van der Waals surface area (Å²) in [4.78, 5) is 12.0. The molecule has 0 aliphatic rings. The average Bonchev–Trinajstić information content (AvgIpc) is 2.84. The number of hydrogen-bond donors (Lipinski definition) is 2. The van der Waals surface area contributed by atoms with E-state index in [0.29, 0.717) is 5.56 Å². The first-order valence-electron chi connectivity index (χ1n) is 6.00. The van der Waals surface area contributed by atoms with Crippen LogP contribution in [0.3, 0.4) is 0 Å². The van der Waals surface area contributed by atoms with E-state index in [1.54, 1.807) is 7.05 Å². The third-order valence-corrected chi connectivity index (χ3v) is 2.86. The van der Waals surface area contributed by atoms with Gasteiger partial charge in [0.2, 0.25) is 5.91 Å². The number of halogens is 3. The SMILES string of the molecule is Cn1cc(C(N)C(=O)Nc2ccccc2C(F)(F)F)cn1. The summed E-state index contributed by atoms with van der Waals surface area (Å²) in [6.45, 7) is 0. The van der Waals surface area contributed by atoms with Crippen molar-refractivity contribution >= 4 is 11.6 Å². The number of alkyl halides is 3. The lowest BCUT2D eigenvalue weighted by Crippen LogP contribution is -2.28. The third kappa shape index (κ3) is 3.40. The predicted molar refractivity (Wildman–Crippen MR) is 70.2 cm³/mol. The molecule has 1 heterocycles. The van der Waals surface area contributed by atoms with E-state index in [0.717, 1.165) is 6.07 Å². The molecule has 0 spiro atoms. The lowest BCUT2D eigenvalue weighted by molar-refractivity contribution is -0.137. The summed E-state index contributed by atoms with van der Waals surface area (Å²) >= 11 is 0. The Balaban J connectivity index is 2.20. The van der Waals surface area contributed by atoms with E-state index in [-0.39, 0.29) is 5.69 Å². The molecule has 0 fully saturated rings. The van der Waals surface area contributed by atoms with Gasteiger partial charge in [0.05, 0.1) is 17.4 Å². The van der Waals surface area contributed by atoms with Crippen molar-refractivity contribution < 1.29 is 18.0 Å². The van der Waals surface area contributed by atoms with Crippen LogP contribution in [0.15, 0.2) is 36.7 Å². The third-order valence-electron chi connectivity index (χ3n) is 2.86. The van der Waals surface area contributed by atoms with Crippen LogP contribution in [0, 0.1) is 0 Å². The Morgan fingerprint density at radius 1 is 1.38 bits per heavy atom. The van der Waals surface area contributed by atoms with Gasteiger partial charge in [-0.15, -0.1) is 0 Å². The van der Waals surface area contributed by atoms with Gasteiger partial charge in [0.25, 0.3) is 0 Å². The average molecular weight is 298 g/mol. The number of nitrogens with one attached hydrogen (secondary N) is 1. The molecule has 2 rings (SSSR count). The van der Waals surface area contributed by atoms with Crippen molar-refractivity contribution in [1.29, 1.82) is 0 Å². The number of nitrogens with zero attached hydrogens (tertiary/aromatic N) is 2. The molecule has 0 radical (unpaired) electrons. The summed E-state index contributed by atoms with van der Waals surface area (Å²) < 4.78 is 39.9. The lowest BCUT2D eigenvalue weighted by atomic mass is 10.1. The van der Waals surface area contributed by atoms with Crippen LogP contribution in [0.5, 0.6) is 0 Å². The molecule has 3 N–H and O–H groups in total. The van der Waals surface area contributed by atoms with Gasteiger partial charge in [0.15, 0.2) is 0 Å². The number of carbonyl (C=O) groups is 1. The summed E-state index contributed by atoms with van der Waals surface area (Å²) in [5.74, 6) is -0.736. The molecule has 0 bridgehead atoms. The molecule has 1 aromatic carbocycles. The summed E-state index contributed by atoms with van der Waals surface area (Å²) in [5.41, 5.74) is 4.88. The summed E-state index contributed by atoms with van der Waals surface area (Å²) in [5, 5.41) is 6.06. The maximum Gasteiger partial charge on any atom is 0.418 e. The van der Waals surface area contributed by atoms with Crippen LogP contribution in [0.1, 0.15) is 17.2 Å². The Bertz CT molecular complexity index is 651. The lowest BCUT2D eigenvalue weighted by Gasteiger charge is -2.15. The monoisotopic (exact) mass is 298 g/mol. The Hall–Kier alpha value is -2.35. The van der Waals surface area contributed by atoms with Gasteiger partial charge in [-0.1, -0.05) is 12.1 Å². The normalized spacial score (nSPS) is 13.0. The quantitative estimate of drug-likeness (QED) is 0.911. The molecule has 0 aliphatic heterocycles. The topological polar surface area (TPSA) is 72.9 Å². The molecule has 1 atom stereocenters. The molecule has 21 heavy (non-hydrogen) atoms. The van der Waals surface area contributed by atoms with E-state index in [1.807, 2.05) is 0 Å². The van der Waals surface area contributed by atoms with Gasteiger partial charge in [-0.3, -0.25) is 9.48 Å². The van der Waals surface area contributed by atoms with Crippen LogP contribution >= 0.6 is 0 Å². The number of hydrogen-bond acceptors (Lipinski definition) is 3. The Kier molecular flexibility index (Phi) is 3.99. The summed E-state index contributed by atoms with van der Waals surface area (Å²) in [6.07, 6.45) is -1.64. The molecule has 5 nitrogen and oxygen atoms in total. The molecule has 0 saturated heterocycles. The first kappa shape index (κ1) is 15.0. The molecular formula is C13H13F3N4O. The van der Waals surface area contributed by atoms with Crippen LogP contribution in [-0.2, 0) is 18.0 Å². The standard InChI is InChI=1S/C13H13F3N4O/c1-20-7-8(6-18-20)11(17)12(21)19-10-5-3-2-4-9(10)13(14,15)16/h2-7,11H,17H2,1H3,(H,19,21). The summed E-state index contributed by atoms with van der Waals surface area (Å²) in [6, 6.07) is 3.63. The molecule has 0 aliphatic carbocycles. The number of nitrogens with two attached hydrogens (primary N) is 1. The van der Waals surface area contributed by atoms with E-state index in [1.165, 1.54) is 35.3 Å². The number of anilines is 1. The van der Waals surface area contributed by atoms with Gasteiger partial charge in [0.1, 0.15) is 6.04 Å². The van der Waals surface area contributed by atoms with Crippen molar-refractivity contribution in [3.8, 4) is 0 Å². The fourth-order valence-corrected chi connectivity index (χ4v) is 1.80. The maximum absolute atomic E-state index is 12.8. The van der Waals surface area contributed by atoms with Gasteiger partial charge < -0.3 is 11.1 Å². The number of carbonyl (C=O) groups excluding carboxylic acids is 1. The molecule has 112 valence electrons. The van der Waals surface area contributed by atoms with Crippen molar-refractivity contribution in [2.45, 2.75) is 12.2 Å². The highest BCUT2D eigenvalue weighted by Crippen LogP contribution is 2.34. The number of aryl methyl sites for hydroxylation is 1. The Morgan fingerprint density at radius 2 is 2.05 bits per heavy atom. The fraction of sp³-hybridized carbons (Fsp3) is 0.231. The second kappa shape index (κ2) is 5.57. The zero-order valence-corrected chi connectivity index (χ0v) is 11.1. The van der Waals surface area contributed by atoms with Gasteiger partial charge in [-0.2, -0.15) is 18.3 Å². The largest absolute Gasteiger partial charge is 0.418 e.